The summed E-state index contributed by atoms with van der Waals surface area (Å²) in [6.07, 6.45) is 1.30. The molecule has 5 nitrogen and oxygen atoms in total. The number of halogens is 1. The molecule has 19 heavy (non-hydrogen) atoms. The maximum Gasteiger partial charge on any atom is 0.250 e. The largest absolute Gasteiger partial charge is 0.396 e. The van der Waals surface area contributed by atoms with Gasteiger partial charge in [-0.1, -0.05) is 11.6 Å². The highest BCUT2D eigenvalue weighted by Gasteiger charge is 2.33. The lowest BCUT2D eigenvalue weighted by Crippen LogP contribution is -2.43. The SMILES string of the molecule is O=S(=O)(NCC1(CO)CCOCC1)c1ccc(Cl)s1. The van der Waals surface area contributed by atoms with Gasteiger partial charge in [-0.25, -0.2) is 13.1 Å². The minimum absolute atomic E-state index is 0.0515. The van der Waals surface area contributed by atoms with E-state index in [-0.39, 0.29) is 17.4 Å². The Labute approximate surface area is 121 Å². The zero-order chi connectivity index (χ0) is 13.9. The van der Waals surface area contributed by atoms with Gasteiger partial charge >= 0.3 is 0 Å². The molecule has 0 aromatic carbocycles. The summed E-state index contributed by atoms with van der Waals surface area (Å²) in [5.41, 5.74) is -0.424. The van der Waals surface area contributed by atoms with Crippen molar-refractivity contribution in [1.29, 1.82) is 0 Å². The van der Waals surface area contributed by atoms with E-state index in [0.29, 0.717) is 30.4 Å². The standard InChI is InChI=1S/C11H16ClNO4S2/c12-9-1-2-10(18-9)19(15,16)13-7-11(8-14)3-5-17-6-4-11/h1-2,13-14H,3-8H2. The van der Waals surface area contributed by atoms with Crippen LogP contribution in [-0.4, -0.2) is 39.9 Å². The Hall–Kier alpha value is -0.180. The Morgan fingerprint density at radius 1 is 1.42 bits per heavy atom. The van der Waals surface area contributed by atoms with Gasteiger partial charge in [-0.2, -0.15) is 0 Å². The predicted octanol–water partition coefficient (Wildman–Crippen LogP) is 1.47. The van der Waals surface area contributed by atoms with Crippen LogP contribution < -0.4 is 4.72 Å². The molecule has 0 unspecified atom stereocenters. The zero-order valence-corrected chi connectivity index (χ0v) is 12.7. The van der Waals surface area contributed by atoms with Crippen molar-refractivity contribution in [2.45, 2.75) is 17.1 Å². The number of ether oxygens (including phenoxy) is 1. The molecule has 1 saturated heterocycles. The van der Waals surface area contributed by atoms with Gasteiger partial charge in [0.1, 0.15) is 4.21 Å². The predicted molar refractivity (Wildman–Crippen MR) is 74.1 cm³/mol. The average Bonchev–Trinajstić information content (AvgIpc) is 2.85. The van der Waals surface area contributed by atoms with E-state index in [1.54, 1.807) is 6.07 Å². The third kappa shape index (κ3) is 3.68. The second kappa shape index (κ2) is 6.07. The maximum atomic E-state index is 12.1. The summed E-state index contributed by atoms with van der Waals surface area (Å²) in [5.74, 6) is 0. The van der Waals surface area contributed by atoms with Crippen molar-refractivity contribution in [1.82, 2.24) is 4.72 Å². The van der Waals surface area contributed by atoms with Crippen LogP contribution in [0.2, 0.25) is 4.34 Å². The lowest BCUT2D eigenvalue weighted by molar-refractivity contribution is -0.0126. The first-order chi connectivity index (χ1) is 8.97. The van der Waals surface area contributed by atoms with Crippen LogP contribution in [0.1, 0.15) is 12.8 Å². The first-order valence-corrected chi connectivity index (χ1v) is 8.59. The van der Waals surface area contributed by atoms with E-state index in [0.717, 1.165) is 11.3 Å². The molecule has 1 aliphatic heterocycles. The molecule has 0 bridgehead atoms. The van der Waals surface area contributed by atoms with Gasteiger partial charge in [0.15, 0.2) is 0 Å². The Bertz CT molecular complexity index is 523. The topological polar surface area (TPSA) is 75.6 Å². The maximum absolute atomic E-state index is 12.1. The van der Waals surface area contributed by atoms with Crippen LogP contribution in [0, 0.1) is 5.41 Å². The summed E-state index contributed by atoms with van der Waals surface area (Å²) >= 11 is 6.76. The summed E-state index contributed by atoms with van der Waals surface area (Å²) in [5, 5.41) is 9.50. The molecule has 1 fully saturated rings. The normalized spacial score (nSPS) is 19.5. The van der Waals surface area contributed by atoms with E-state index < -0.39 is 15.4 Å². The molecule has 2 N–H and O–H groups in total. The zero-order valence-electron chi connectivity index (χ0n) is 10.3. The minimum atomic E-state index is -3.55. The van der Waals surface area contributed by atoms with Crippen LogP contribution in [0.3, 0.4) is 0 Å². The van der Waals surface area contributed by atoms with Gasteiger partial charge in [-0.15, -0.1) is 11.3 Å². The van der Waals surface area contributed by atoms with Gasteiger partial charge in [-0.05, 0) is 25.0 Å². The third-order valence-corrected chi connectivity index (χ3v) is 6.46. The van der Waals surface area contributed by atoms with Gasteiger partial charge in [0.2, 0.25) is 10.0 Å². The highest BCUT2D eigenvalue weighted by Crippen LogP contribution is 2.30. The molecule has 0 aliphatic carbocycles. The van der Waals surface area contributed by atoms with E-state index in [2.05, 4.69) is 4.72 Å². The lowest BCUT2D eigenvalue weighted by atomic mass is 9.81. The smallest absolute Gasteiger partial charge is 0.250 e. The second-order valence-corrected chi connectivity index (χ2v) is 8.36. The van der Waals surface area contributed by atoms with E-state index in [9.17, 15) is 13.5 Å². The van der Waals surface area contributed by atoms with Gasteiger partial charge in [0, 0.05) is 25.2 Å². The summed E-state index contributed by atoms with van der Waals surface area (Å²) in [4.78, 5) is 0. The van der Waals surface area contributed by atoms with Crippen LogP contribution >= 0.6 is 22.9 Å². The molecule has 0 radical (unpaired) electrons. The molecule has 0 atom stereocenters. The van der Waals surface area contributed by atoms with Crippen LogP contribution in [0.15, 0.2) is 16.3 Å². The third-order valence-electron chi connectivity index (χ3n) is 3.34. The van der Waals surface area contributed by atoms with Crippen molar-refractivity contribution in [2.75, 3.05) is 26.4 Å². The fourth-order valence-electron chi connectivity index (χ4n) is 1.96. The van der Waals surface area contributed by atoms with Gasteiger partial charge in [-0.3, -0.25) is 0 Å². The van der Waals surface area contributed by atoms with E-state index in [1.165, 1.54) is 6.07 Å². The van der Waals surface area contributed by atoms with Gasteiger partial charge in [0.25, 0.3) is 0 Å². The first-order valence-electron chi connectivity index (χ1n) is 5.91. The van der Waals surface area contributed by atoms with Crippen molar-refractivity contribution in [3.8, 4) is 0 Å². The molecule has 108 valence electrons. The van der Waals surface area contributed by atoms with E-state index in [1.807, 2.05) is 0 Å². The number of nitrogens with one attached hydrogen (secondary N) is 1. The summed E-state index contributed by atoms with van der Waals surface area (Å²) in [7, 11) is -3.55. The number of thiophene rings is 1. The second-order valence-electron chi connectivity index (χ2n) is 4.65. The highest BCUT2D eigenvalue weighted by atomic mass is 35.5. The number of aliphatic hydroxyl groups is 1. The monoisotopic (exact) mass is 325 g/mol. The number of hydrogen-bond donors (Lipinski definition) is 2. The summed E-state index contributed by atoms with van der Waals surface area (Å²) in [6, 6.07) is 3.03. The van der Waals surface area contributed by atoms with Gasteiger partial charge < -0.3 is 9.84 Å². The van der Waals surface area contributed by atoms with Crippen molar-refractivity contribution in [2.24, 2.45) is 5.41 Å². The average molecular weight is 326 g/mol. The van der Waals surface area contributed by atoms with E-state index in [4.69, 9.17) is 16.3 Å². The molecule has 0 amide bonds. The number of aliphatic hydroxyl groups excluding tert-OH is 1. The molecule has 2 heterocycles. The molecular weight excluding hydrogens is 310 g/mol. The van der Waals surface area contributed by atoms with Gasteiger partial charge in [0.05, 0.1) is 10.9 Å². The fraction of sp³-hybridized carbons (Fsp3) is 0.636. The van der Waals surface area contributed by atoms with Crippen molar-refractivity contribution >= 4 is 33.0 Å². The Kier molecular flexibility index (Phi) is 4.86. The highest BCUT2D eigenvalue weighted by molar-refractivity contribution is 7.91. The summed E-state index contributed by atoms with van der Waals surface area (Å²) in [6.45, 7) is 1.26. The van der Waals surface area contributed by atoms with Crippen LogP contribution in [0.25, 0.3) is 0 Å². The van der Waals surface area contributed by atoms with Crippen molar-refractivity contribution in [3.05, 3.63) is 16.5 Å². The van der Waals surface area contributed by atoms with Crippen LogP contribution in [0.5, 0.6) is 0 Å². The Morgan fingerprint density at radius 3 is 2.63 bits per heavy atom. The Balaban J connectivity index is 2.04. The summed E-state index contributed by atoms with van der Waals surface area (Å²) < 4.78 is 32.6. The minimum Gasteiger partial charge on any atom is -0.396 e. The number of rotatable bonds is 5. The first kappa shape index (κ1) is 15.2. The molecule has 8 heteroatoms. The molecule has 1 aliphatic rings. The molecule has 2 rings (SSSR count). The molecule has 1 aromatic heterocycles. The Morgan fingerprint density at radius 2 is 2.11 bits per heavy atom. The van der Waals surface area contributed by atoms with Crippen molar-refractivity contribution < 1.29 is 18.3 Å². The molecule has 0 spiro atoms. The molecular formula is C11H16ClNO4S2. The lowest BCUT2D eigenvalue weighted by Gasteiger charge is -2.35. The number of hydrogen-bond acceptors (Lipinski definition) is 5. The van der Waals surface area contributed by atoms with Crippen LogP contribution in [0.4, 0.5) is 0 Å². The molecule has 1 aromatic rings. The van der Waals surface area contributed by atoms with E-state index >= 15 is 0 Å². The van der Waals surface area contributed by atoms with Crippen LogP contribution in [-0.2, 0) is 14.8 Å². The molecule has 0 saturated carbocycles. The quantitative estimate of drug-likeness (QED) is 0.859. The fourth-order valence-corrected chi connectivity index (χ4v) is 4.64. The van der Waals surface area contributed by atoms with Crippen molar-refractivity contribution in [3.63, 3.8) is 0 Å². The number of sulfonamides is 1.